The number of thioether (sulfide) groups is 1. The van der Waals surface area contributed by atoms with Crippen molar-refractivity contribution in [3.05, 3.63) is 140 Å². The second kappa shape index (κ2) is 15.3. The van der Waals surface area contributed by atoms with Crippen LogP contribution in [0.15, 0.2) is 119 Å². The van der Waals surface area contributed by atoms with E-state index in [1.807, 2.05) is 0 Å². The Morgan fingerprint density at radius 1 is 0.936 bits per heavy atom. The average Bonchev–Trinajstić information content (AvgIpc) is 3.55. The minimum Gasteiger partial charge on any atom is -0.321 e. The number of non-ortho nitro benzene ring substituents is 1. The maximum absolute atomic E-state index is 13.3. The molecule has 4 aromatic carbocycles. The fourth-order valence-corrected chi connectivity index (χ4v) is 5.99. The van der Waals surface area contributed by atoms with E-state index in [1.54, 1.807) is 103 Å². The number of hydrogen-bond donors (Lipinski definition) is 3. The molecule has 3 amide bonds. The molecule has 5 rings (SSSR count). The number of amides is 3. The lowest BCUT2D eigenvalue weighted by Gasteiger charge is -2.13. The molecule has 0 aliphatic rings. The van der Waals surface area contributed by atoms with Gasteiger partial charge in [0.25, 0.3) is 17.5 Å². The molecule has 0 spiro atoms. The van der Waals surface area contributed by atoms with E-state index in [0.717, 1.165) is 4.90 Å². The van der Waals surface area contributed by atoms with E-state index in [9.17, 15) is 24.5 Å². The van der Waals surface area contributed by atoms with Crippen molar-refractivity contribution in [1.29, 1.82) is 0 Å². The number of carbonyl (C=O) groups excluding carboxylic acids is 3. The molecule has 0 saturated carbocycles. The summed E-state index contributed by atoms with van der Waals surface area (Å²) in [4.78, 5) is 54.9. The lowest BCUT2D eigenvalue weighted by molar-refractivity contribution is -0.384. The number of nitro groups is 1. The van der Waals surface area contributed by atoms with Crippen molar-refractivity contribution in [3.63, 3.8) is 0 Å². The number of nitrogens with zero attached hydrogens (tertiary/aromatic N) is 2. The van der Waals surface area contributed by atoms with Gasteiger partial charge in [0.05, 0.1) is 15.9 Å². The number of nitro benzene ring substituents is 1. The van der Waals surface area contributed by atoms with Crippen molar-refractivity contribution in [3.8, 4) is 11.3 Å². The van der Waals surface area contributed by atoms with E-state index in [-0.39, 0.29) is 17.3 Å². The Bertz CT molecular complexity index is 1970. The highest BCUT2D eigenvalue weighted by Gasteiger charge is 2.19. The first kappa shape index (κ1) is 33.1. The molecule has 1 unspecified atom stereocenters. The maximum atomic E-state index is 13.3. The molecule has 47 heavy (non-hydrogen) atoms. The number of aromatic nitrogens is 1. The molecule has 5 aromatic rings. The predicted molar refractivity (Wildman–Crippen MR) is 187 cm³/mol. The maximum Gasteiger partial charge on any atom is 0.272 e. The van der Waals surface area contributed by atoms with E-state index >= 15 is 0 Å². The number of halogens is 1. The van der Waals surface area contributed by atoms with Crippen molar-refractivity contribution < 1.29 is 19.3 Å². The number of benzene rings is 4. The first-order chi connectivity index (χ1) is 22.7. The topological polar surface area (TPSA) is 143 Å². The Balaban J connectivity index is 1.21. The quantitative estimate of drug-likeness (QED) is 0.0556. The molecule has 13 heteroatoms. The monoisotopic (exact) mass is 683 g/mol. The Hall–Kier alpha value is -5.30. The van der Waals surface area contributed by atoms with Crippen molar-refractivity contribution in [2.75, 3.05) is 10.6 Å². The van der Waals surface area contributed by atoms with Gasteiger partial charge in [-0.25, -0.2) is 4.98 Å². The zero-order valence-corrected chi connectivity index (χ0v) is 27.1. The summed E-state index contributed by atoms with van der Waals surface area (Å²) in [7, 11) is 0. The summed E-state index contributed by atoms with van der Waals surface area (Å²) in [5.41, 5.74) is 2.50. The zero-order chi connectivity index (χ0) is 33.3. The Morgan fingerprint density at radius 2 is 1.66 bits per heavy atom. The number of thiazole rings is 1. The highest BCUT2D eigenvalue weighted by Crippen LogP contribution is 2.29. The van der Waals surface area contributed by atoms with Gasteiger partial charge in [-0.1, -0.05) is 60.1 Å². The van der Waals surface area contributed by atoms with Crippen LogP contribution in [-0.2, 0) is 9.59 Å². The van der Waals surface area contributed by atoms with E-state index < -0.39 is 22.0 Å². The summed E-state index contributed by atoms with van der Waals surface area (Å²) in [5.74, 6) is -1.26. The molecule has 10 nitrogen and oxygen atoms in total. The van der Waals surface area contributed by atoms with Gasteiger partial charge >= 0.3 is 0 Å². The largest absolute Gasteiger partial charge is 0.321 e. The molecule has 0 aliphatic carbocycles. The van der Waals surface area contributed by atoms with Crippen molar-refractivity contribution >= 4 is 75.0 Å². The third-order valence-corrected chi connectivity index (χ3v) is 8.83. The molecule has 1 atom stereocenters. The minimum absolute atomic E-state index is 0.00605. The second-order valence-electron chi connectivity index (χ2n) is 9.97. The zero-order valence-electron chi connectivity index (χ0n) is 24.7. The van der Waals surface area contributed by atoms with Crippen LogP contribution in [0.3, 0.4) is 0 Å². The van der Waals surface area contributed by atoms with Crippen LogP contribution < -0.4 is 16.0 Å². The molecule has 1 aromatic heterocycles. The molecular formula is C34H26ClN5O5S2. The molecule has 3 N–H and O–H groups in total. The number of rotatable bonds is 11. The molecular weight excluding hydrogens is 658 g/mol. The Kier molecular flexibility index (Phi) is 10.8. The fraction of sp³-hybridized carbons (Fsp3) is 0.0588. The number of anilines is 2. The van der Waals surface area contributed by atoms with Gasteiger partial charge in [-0.3, -0.25) is 24.5 Å². The third kappa shape index (κ3) is 8.91. The smallest absolute Gasteiger partial charge is 0.272 e. The third-order valence-electron chi connectivity index (χ3n) is 6.62. The van der Waals surface area contributed by atoms with Gasteiger partial charge in [0.15, 0.2) is 5.13 Å². The molecule has 0 aliphatic heterocycles. The normalized spacial score (nSPS) is 11.7. The molecule has 0 fully saturated rings. The highest BCUT2D eigenvalue weighted by atomic mass is 35.5. The van der Waals surface area contributed by atoms with E-state index in [2.05, 4.69) is 20.9 Å². The molecule has 0 radical (unpaired) electrons. The standard InChI is InChI=1S/C34H26ClN5O5S2/c1-21(31(41)39-34-38-30(20-46-34)24-11-7-12-26(18-24)40(44)45)47-27-16-14-25(15-17-27)36-33(43)29(19-23-10-5-6-13-28(23)35)37-32(42)22-8-3-2-4-9-22/h2-21H,1H3,(H,36,43)(H,37,42)(H,38,39,41)/b29-19-. The number of carbonyl (C=O) groups is 3. The van der Waals surface area contributed by atoms with Gasteiger partial charge in [-0.05, 0) is 61.0 Å². The summed E-state index contributed by atoms with van der Waals surface area (Å²) >= 11 is 8.85. The summed E-state index contributed by atoms with van der Waals surface area (Å²) in [6, 6.07) is 28.6. The van der Waals surface area contributed by atoms with Gasteiger partial charge in [0, 0.05) is 44.2 Å². The highest BCUT2D eigenvalue weighted by molar-refractivity contribution is 8.00. The summed E-state index contributed by atoms with van der Waals surface area (Å²) in [5, 5.41) is 21.4. The second-order valence-corrected chi connectivity index (χ2v) is 12.7. The summed E-state index contributed by atoms with van der Waals surface area (Å²) < 4.78 is 0. The van der Waals surface area contributed by atoms with Crippen LogP contribution in [0.5, 0.6) is 0 Å². The number of nitrogens with one attached hydrogen (secondary N) is 3. The van der Waals surface area contributed by atoms with Crippen LogP contribution in [0.4, 0.5) is 16.5 Å². The van der Waals surface area contributed by atoms with E-state index in [0.29, 0.717) is 38.2 Å². The first-order valence-corrected chi connectivity index (χ1v) is 16.2. The van der Waals surface area contributed by atoms with Gasteiger partial charge < -0.3 is 16.0 Å². The Labute approximate surface area is 283 Å². The lowest BCUT2D eigenvalue weighted by Crippen LogP contribution is -2.30. The minimum atomic E-state index is -0.546. The predicted octanol–water partition coefficient (Wildman–Crippen LogP) is 7.90. The van der Waals surface area contributed by atoms with Gasteiger partial charge in [-0.2, -0.15) is 0 Å². The SMILES string of the molecule is CC(Sc1ccc(NC(=O)/C(=C/c2ccccc2Cl)NC(=O)c2ccccc2)cc1)C(=O)Nc1nc(-c2cccc([N+](=O)[O-])c2)cs1. The molecule has 236 valence electrons. The van der Waals surface area contributed by atoms with E-state index in [1.165, 1.54) is 41.3 Å². The van der Waals surface area contributed by atoms with Gasteiger partial charge in [0.2, 0.25) is 5.91 Å². The van der Waals surface area contributed by atoms with Crippen molar-refractivity contribution in [2.24, 2.45) is 0 Å². The van der Waals surface area contributed by atoms with Crippen LogP contribution in [0, 0.1) is 10.1 Å². The average molecular weight is 684 g/mol. The van der Waals surface area contributed by atoms with Crippen LogP contribution in [0.1, 0.15) is 22.8 Å². The van der Waals surface area contributed by atoms with Crippen LogP contribution >= 0.6 is 34.7 Å². The van der Waals surface area contributed by atoms with Crippen molar-refractivity contribution in [2.45, 2.75) is 17.1 Å². The Morgan fingerprint density at radius 3 is 2.38 bits per heavy atom. The van der Waals surface area contributed by atoms with E-state index in [4.69, 9.17) is 11.6 Å². The number of hydrogen-bond acceptors (Lipinski definition) is 8. The van der Waals surface area contributed by atoms with Crippen molar-refractivity contribution in [1.82, 2.24) is 10.3 Å². The molecule has 0 bridgehead atoms. The van der Waals surface area contributed by atoms with Gasteiger partial charge in [0.1, 0.15) is 5.70 Å². The molecule has 1 heterocycles. The summed E-state index contributed by atoms with van der Waals surface area (Å²) in [6.45, 7) is 1.76. The summed E-state index contributed by atoms with van der Waals surface area (Å²) in [6.07, 6.45) is 1.51. The van der Waals surface area contributed by atoms with Crippen LogP contribution in [0.25, 0.3) is 17.3 Å². The van der Waals surface area contributed by atoms with Gasteiger partial charge in [-0.15, -0.1) is 23.1 Å². The first-order valence-electron chi connectivity index (χ1n) is 14.1. The molecule has 0 saturated heterocycles. The van der Waals surface area contributed by atoms with Crippen LogP contribution in [0.2, 0.25) is 5.02 Å². The lowest BCUT2D eigenvalue weighted by atomic mass is 10.1. The fourth-order valence-electron chi connectivity index (χ4n) is 4.21. The van der Waals surface area contributed by atoms with Crippen LogP contribution in [-0.4, -0.2) is 32.9 Å².